The van der Waals surface area contributed by atoms with Crippen molar-refractivity contribution in [1.29, 1.82) is 0 Å². The lowest BCUT2D eigenvalue weighted by Crippen LogP contribution is -2.25. The molecule has 5 heteroatoms. The molecule has 0 aliphatic rings. The minimum Gasteiger partial charge on any atom is -0.463 e. The van der Waals surface area contributed by atoms with E-state index in [1.807, 2.05) is 0 Å². The van der Waals surface area contributed by atoms with Crippen LogP contribution in [0.25, 0.3) is 0 Å². The zero-order valence-corrected chi connectivity index (χ0v) is 30.1. The smallest absolute Gasteiger partial charge is 0.305 e. The van der Waals surface area contributed by atoms with E-state index in [0.29, 0.717) is 12.8 Å². The lowest BCUT2D eigenvalue weighted by molar-refractivity contribution is -0.152. The third-order valence-electron chi connectivity index (χ3n) is 8.08. The molecule has 0 unspecified atom stereocenters. The topological polar surface area (TPSA) is 72.8 Å². The molecule has 1 atom stereocenters. The second kappa shape index (κ2) is 37.3. The summed E-state index contributed by atoms with van der Waals surface area (Å²) in [7, 11) is 0. The van der Waals surface area contributed by atoms with Gasteiger partial charge in [0.25, 0.3) is 0 Å². The van der Waals surface area contributed by atoms with Crippen LogP contribution < -0.4 is 0 Å². The summed E-state index contributed by atoms with van der Waals surface area (Å²) < 4.78 is 10.3. The summed E-state index contributed by atoms with van der Waals surface area (Å²) in [6.45, 7) is 4.15. The van der Waals surface area contributed by atoms with Crippen molar-refractivity contribution in [3.8, 4) is 0 Å². The Labute approximate surface area is 284 Å². The molecule has 0 aliphatic carbocycles. The van der Waals surface area contributed by atoms with Crippen LogP contribution in [0.2, 0.25) is 0 Å². The number of ether oxygens (including phenoxy) is 2. The molecule has 0 saturated carbocycles. The number of aliphatic hydroxyl groups excluding tert-OH is 1. The molecule has 0 aromatic rings. The van der Waals surface area contributed by atoms with Crippen LogP contribution in [0.5, 0.6) is 0 Å². The van der Waals surface area contributed by atoms with Gasteiger partial charge < -0.3 is 14.6 Å². The van der Waals surface area contributed by atoms with E-state index in [1.165, 1.54) is 89.9 Å². The largest absolute Gasteiger partial charge is 0.463 e. The van der Waals surface area contributed by atoms with Crippen molar-refractivity contribution < 1.29 is 24.2 Å². The summed E-state index contributed by atoms with van der Waals surface area (Å²) >= 11 is 0. The Morgan fingerprint density at radius 3 is 1.24 bits per heavy atom. The number of aliphatic hydroxyl groups is 1. The van der Waals surface area contributed by atoms with Crippen molar-refractivity contribution in [2.24, 2.45) is 0 Å². The first kappa shape index (κ1) is 43.9. The van der Waals surface area contributed by atoms with Crippen LogP contribution in [-0.4, -0.2) is 36.4 Å². The lowest BCUT2D eigenvalue weighted by Gasteiger charge is -2.12. The number of carbonyl (C=O) groups is 2. The zero-order chi connectivity index (χ0) is 33.6. The van der Waals surface area contributed by atoms with Crippen molar-refractivity contribution in [3.05, 3.63) is 48.6 Å². The van der Waals surface area contributed by atoms with E-state index in [0.717, 1.165) is 64.2 Å². The molecule has 46 heavy (non-hydrogen) atoms. The van der Waals surface area contributed by atoms with Crippen LogP contribution in [-0.2, 0) is 19.1 Å². The molecule has 0 bridgehead atoms. The van der Waals surface area contributed by atoms with Crippen molar-refractivity contribution in [2.75, 3.05) is 13.2 Å². The van der Waals surface area contributed by atoms with Gasteiger partial charge in [0, 0.05) is 12.8 Å². The maximum atomic E-state index is 12.0. The van der Waals surface area contributed by atoms with Crippen LogP contribution >= 0.6 is 0 Å². The molecule has 0 heterocycles. The summed E-state index contributed by atoms with van der Waals surface area (Å²) in [5.74, 6) is -0.610. The van der Waals surface area contributed by atoms with Gasteiger partial charge in [-0.15, -0.1) is 0 Å². The Hall–Kier alpha value is -2.14. The van der Waals surface area contributed by atoms with Crippen molar-refractivity contribution >= 4 is 11.9 Å². The monoisotopic (exact) mass is 645 g/mol. The first-order valence-corrected chi connectivity index (χ1v) is 19.2. The predicted molar refractivity (Wildman–Crippen MR) is 196 cm³/mol. The van der Waals surface area contributed by atoms with Gasteiger partial charge in [-0.2, -0.15) is 0 Å². The highest BCUT2D eigenvalue weighted by molar-refractivity contribution is 5.69. The van der Waals surface area contributed by atoms with E-state index in [4.69, 9.17) is 9.47 Å². The number of allylic oxidation sites excluding steroid dienone is 8. The highest BCUT2D eigenvalue weighted by Gasteiger charge is 2.12. The summed E-state index contributed by atoms with van der Waals surface area (Å²) in [6.07, 6.45) is 46.0. The second-order valence-electron chi connectivity index (χ2n) is 12.7. The van der Waals surface area contributed by atoms with Gasteiger partial charge in [-0.3, -0.25) is 9.59 Å². The SMILES string of the molecule is CC/C=C\C/C=C\C/C=C\C/C=C\CCCCC(=O)OC[C@H](O)COC(=O)CCCCCCCCCCCCCCCCCCC. The van der Waals surface area contributed by atoms with Crippen LogP contribution in [0.1, 0.15) is 181 Å². The number of unbranched alkanes of at least 4 members (excludes halogenated alkanes) is 18. The molecular formula is C41H72O5. The van der Waals surface area contributed by atoms with Crippen molar-refractivity contribution in [3.63, 3.8) is 0 Å². The maximum Gasteiger partial charge on any atom is 0.305 e. The van der Waals surface area contributed by atoms with Crippen molar-refractivity contribution in [2.45, 2.75) is 187 Å². The molecule has 0 saturated heterocycles. The molecule has 0 rings (SSSR count). The number of rotatable bonds is 34. The Morgan fingerprint density at radius 1 is 0.478 bits per heavy atom. The van der Waals surface area contributed by atoms with Gasteiger partial charge in [-0.05, 0) is 51.4 Å². The summed E-state index contributed by atoms with van der Waals surface area (Å²) in [6, 6.07) is 0. The quantitative estimate of drug-likeness (QED) is 0.0429. The Bertz CT molecular complexity index is 782. The lowest BCUT2D eigenvalue weighted by atomic mass is 10.0. The molecule has 0 amide bonds. The highest BCUT2D eigenvalue weighted by Crippen LogP contribution is 2.14. The zero-order valence-electron chi connectivity index (χ0n) is 30.1. The molecular weight excluding hydrogens is 572 g/mol. The van der Waals surface area contributed by atoms with E-state index in [-0.39, 0.29) is 25.2 Å². The van der Waals surface area contributed by atoms with E-state index >= 15 is 0 Å². The summed E-state index contributed by atoms with van der Waals surface area (Å²) in [5.41, 5.74) is 0. The van der Waals surface area contributed by atoms with Gasteiger partial charge in [0.2, 0.25) is 0 Å². The van der Waals surface area contributed by atoms with Crippen molar-refractivity contribution in [1.82, 2.24) is 0 Å². The minimum atomic E-state index is -0.979. The highest BCUT2D eigenvalue weighted by atomic mass is 16.6. The van der Waals surface area contributed by atoms with E-state index in [9.17, 15) is 14.7 Å². The standard InChI is InChI=1S/C41H72O5/c1-3-5-7-9-11-13-15-17-19-20-22-24-26-28-30-32-34-36-41(44)46-38-39(42)37-45-40(43)35-33-31-29-27-25-23-21-18-16-14-12-10-8-6-4-2/h6,8,12,14,18,21,25,27,39,42H,3-5,7,9-11,13,15-17,19-20,22-24,26,28-38H2,1-2H3/b8-6-,14-12-,21-18-,27-25-/t39-/m0/s1. The fraction of sp³-hybridized carbons (Fsp3) is 0.756. The fourth-order valence-corrected chi connectivity index (χ4v) is 5.19. The number of esters is 2. The maximum absolute atomic E-state index is 12.0. The number of carbonyl (C=O) groups excluding carboxylic acids is 2. The minimum absolute atomic E-state index is 0.128. The third kappa shape index (κ3) is 36.3. The van der Waals surface area contributed by atoms with Gasteiger partial charge in [-0.25, -0.2) is 0 Å². The number of hydrogen-bond donors (Lipinski definition) is 1. The van der Waals surface area contributed by atoms with Gasteiger partial charge in [0.15, 0.2) is 0 Å². The average Bonchev–Trinajstić information content (AvgIpc) is 3.06. The van der Waals surface area contributed by atoms with Crippen LogP contribution in [0.4, 0.5) is 0 Å². The molecule has 0 aromatic carbocycles. The Kier molecular flexibility index (Phi) is 35.6. The summed E-state index contributed by atoms with van der Waals surface area (Å²) in [5, 5.41) is 10.00. The van der Waals surface area contributed by atoms with Gasteiger partial charge >= 0.3 is 11.9 Å². The first-order valence-electron chi connectivity index (χ1n) is 19.2. The van der Waals surface area contributed by atoms with E-state index in [1.54, 1.807) is 0 Å². The van der Waals surface area contributed by atoms with Gasteiger partial charge in [0.1, 0.15) is 19.3 Å². The Balaban J connectivity index is 3.48. The fourth-order valence-electron chi connectivity index (χ4n) is 5.19. The van der Waals surface area contributed by atoms with E-state index < -0.39 is 6.10 Å². The Morgan fingerprint density at radius 2 is 0.826 bits per heavy atom. The second-order valence-corrected chi connectivity index (χ2v) is 12.7. The van der Waals surface area contributed by atoms with Crippen LogP contribution in [0, 0.1) is 0 Å². The van der Waals surface area contributed by atoms with Gasteiger partial charge in [0.05, 0.1) is 0 Å². The molecule has 0 aromatic heterocycles. The molecule has 0 spiro atoms. The van der Waals surface area contributed by atoms with Crippen LogP contribution in [0.15, 0.2) is 48.6 Å². The average molecular weight is 645 g/mol. The molecule has 266 valence electrons. The molecule has 0 radical (unpaired) electrons. The number of hydrogen-bond acceptors (Lipinski definition) is 5. The van der Waals surface area contributed by atoms with E-state index in [2.05, 4.69) is 62.5 Å². The molecule has 0 aliphatic heterocycles. The molecule has 5 nitrogen and oxygen atoms in total. The first-order chi connectivity index (χ1) is 22.6. The molecule has 0 fully saturated rings. The van der Waals surface area contributed by atoms with Gasteiger partial charge in [-0.1, -0.05) is 165 Å². The predicted octanol–water partition coefficient (Wildman–Crippen LogP) is 11.8. The molecule has 1 N–H and O–H groups in total. The third-order valence-corrected chi connectivity index (χ3v) is 8.08. The summed E-state index contributed by atoms with van der Waals surface area (Å²) in [4.78, 5) is 23.9. The van der Waals surface area contributed by atoms with Crippen LogP contribution in [0.3, 0.4) is 0 Å². The normalized spacial score (nSPS) is 12.7.